The third-order valence-electron chi connectivity index (χ3n) is 2.31. The first-order chi connectivity index (χ1) is 12.7. The Labute approximate surface area is 175 Å². The summed E-state index contributed by atoms with van der Waals surface area (Å²) in [5, 5.41) is 15.4. The smallest absolute Gasteiger partial charge is 0.412 e. The summed E-state index contributed by atoms with van der Waals surface area (Å²) in [6.07, 6.45) is 8.18. The van der Waals surface area contributed by atoms with Crippen LogP contribution in [-0.2, 0) is 18.3 Å². The summed E-state index contributed by atoms with van der Waals surface area (Å²) in [6.45, 7) is 13.1. The molecule has 0 aliphatic rings. The summed E-state index contributed by atoms with van der Waals surface area (Å²) >= 11 is 0. The maximum Gasteiger partial charge on any atom is -0.412 e. The second-order valence-electron chi connectivity index (χ2n) is 6.49. The molecule has 0 saturated carbocycles. The Morgan fingerprint density at radius 2 is 1.47 bits per heavy atom. The van der Waals surface area contributed by atoms with Crippen molar-refractivity contribution in [3.8, 4) is 6.07 Å². The van der Waals surface area contributed by atoms with Gasteiger partial charge in [-0.3, -0.25) is 0 Å². The standard InChI is InChI=1S/C6H11N2.C5H12O.C4H10O.C2H3N.F6P.H2O/c1-3-8-5-4-7(2)6-8;1-5(2,3)6-4;1-2-3-4-5;1-2-3;1-7(2,3,4,5)6;/h4-6H,3H2,1-2H3;1-4H3;5H,2-4H2,1H3;1H3;;1H2/q+1;;;;-1;. The Morgan fingerprint density at radius 3 is 1.53 bits per heavy atom. The van der Waals surface area contributed by atoms with Crippen LogP contribution in [0.15, 0.2) is 18.7 Å². The Morgan fingerprint density at radius 1 is 1.13 bits per heavy atom. The van der Waals surface area contributed by atoms with Crippen molar-refractivity contribution >= 4 is 7.81 Å². The number of nitriles is 1. The third-order valence-corrected chi connectivity index (χ3v) is 2.31. The minimum Gasteiger partial charge on any atom is -0.412 e. The molecule has 0 radical (unpaired) electrons. The van der Waals surface area contributed by atoms with E-state index >= 15 is 0 Å². The zero-order chi connectivity index (χ0) is 24.4. The van der Waals surface area contributed by atoms with Gasteiger partial charge >= 0.3 is 33.0 Å². The van der Waals surface area contributed by atoms with Crippen molar-refractivity contribution in [2.75, 3.05) is 13.7 Å². The quantitative estimate of drug-likeness (QED) is 0.347. The van der Waals surface area contributed by atoms with Crippen molar-refractivity contribution in [3.05, 3.63) is 18.7 Å². The summed E-state index contributed by atoms with van der Waals surface area (Å²) in [6, 6.07) is 1.75. The molecule has 0 fully saturated rings. The molecule has 1 aromatic rings. The molecule has 186 valence electrons. The van der Waals surface area contributed by atoms with Crippen LogP contribution in [0.5, 0.6) is 0 Å². The molecule has 0 unspecified atom stereocenters. The first-order valence-corrected chi connectivity index (χ1v) is 10.7. The third kappa shape index (κ3) is 81.8. The number of hydrogen-bond donors (Lipinski definition) is 1. The Kier molecular flexibility index (Phi) is 21.3. The molecule has 30 heavy (non-hydrogen) atoms. The molecule has 6 nitrogen and oxygen atoms in total. The second-order valence-corrected chi connectivity index (χ2v) is 8.40. The Bertz CT molecular complexity index is 539. The fourth-order valence-electron chi connectivity index (χ4n) is 0.847. The van der Waals surface area contributed by atoms with Crippen molar-refractivity contribution in [1.29, 1.82) is 5.26 Å². The van der Waals surface area contributed by atoms with Gasteiger partial charge in [0.05, 0.1) is 25.3 Å². The van der Waals surface area contributed by atoms with E-state index in [-0.39, 0.29) is 11.1 Å². The predicted octanol–water partition coefficient (Wildman–Crippen LogP) is 5.63. The van der Waals surface area contributed by atoms with Crippen LogP contribution >= 0.6 is 7.81 Å². The fraction of sp³-hybridized carbons (Fsp3) is 0.765. The van der Waals surface area contributed by atoms with Crippen LogP contribution in [0, 0.1) is 11.3 Å². The van der Waals surface area contributed by atoms with Crippen LogP contribution in [0.1, 0.15) is 54.4 Å². The molecule has 0 bridgehead atoms. The van der Waals surface area contributed by atoms with Crippen molar-refractivity contribution in [1.82, 2.24) is 4.57 Å². The number of nitrogens with zero attached hydrogens (tertiary/aromatic N) is 3. The average Bonchev–Trinajstić information content (AvgIpc) is 2.92. The van der Waals surface area contributed by atoms with E-state index in [1.165, 1.54) is 6.92 Å². The number of imidazole rings is 1. The van der Waals surface area contributed by atoms with Gasteiger partial charge in [0.25, 0.3) is 0 Å². The first kappa shape index (κ1) is 39.1. The van der Waals surface area contributed by atoms with Crippen LogP contribution in [0.4, 0.5) is 25.2 Å². The van der Waals surface area contributed by atoms with Crippen LogP contribution in [0.3, 0.4) is 0 Å². The largest absolute Gasteiger partial charge is 0.412 e. The number of unbranched alkanes of at least 4 members (excludes halogenated alkanes) is 1. The molecule has 0 saturated heterocycles. The van der Waals surface area contributed by atoms with E-state index in [9.17, 15) is 25.2 Å². The van der Waals surface area contributed by atoms with E-state index in [2.05, 4.69) is 30.9 Å². The molecular weight excluding hydrogens is 439 g/mol. The summed E-state index contributed by atoms with van der Waals surface area (Å²) in [5.74, 6) is 0. The SMILES string of the molecule is CC#N.CCCCO.CCn1cc[n+](C)c1.COC(C)(C)C.F[P-](F)(F)(F)(F)F.O. The fourth-order valence-corrected chi connectivity index (χ4v) is 0.847. The molecule has 0 aliphatic carbocycles. The van der Waals surface area contributed by atoms with Gasteiger partial charge in [0.2, 0.25) is 6.33 Å². The van der Waals surface area contributed by atoms with Gasteiger partial charge in [-0.25, -0.2) is 9.13 Å². The number of aromatic nitrogens is 2. The zero-order valence-electron chi connectivity index (χ0n) is 19.0. The van der Waals surface area contributed by atoms with Crippen LogP contribution < -0.4 is 4.57 Å². The number of aliphatic hydroxyl groups excluding tert-OH is 1. The molecule has 1 heterocycles. The average molecular weight is 477 g/mol. The Balaban J connectivity index is -0.0000000889. The molecule has 0 amide bonds. The predicted molar refractivity (Wildman–Crippen MR) is 109 cm³/mol. The second kappa shape index (κ2) is 16.3. The summed E-state index contributed by atoms with van der Waals surface area (Å²) in [7, 11) is -6.93. The van der Waals surface area contributed by atoms with Gasteiger partial charge in [0, 0.05) is 20.6 Å². The summed E-state index contributed by atoms with van der Waals surface area (Å²) in [5.41, 5.74) is 0.0417. The summed E-state index contributed by atoms with van der Waals surface area (Å²) in [4.78, 5) is 0. The first-order valence-electron chi connectivity index (χ1n) is 8.71. The van der Waals surface area contributed by atoms with Gasteiger partial charge in [0.15, 0.2) is 0 Å². The van der Waals surface area contributed by atoms with Crippen LogP contribution in [0.2, 0.25) is 0 Å². The van der Waals surface area contributed by atoms with Gasteiger partial charge in [-0.05, 0) is 34.1 Å². The molecule has 3 N–H and O–H groups in total. The van der Waals surface area contributed by atoms with Crippen LogP contribution in [-0.4, -0.2) is 34.5 Å². The van der Waals surface area contributed by atoms with Gasteiger partial charge in [-0.15, -0.1) is 0 Å². The molecule has 1 aromatic heterocycles. The maximum atomic E-state index is 9.87. The van der Waals surface area contributed by atoms with E-state index in [4.69, 9.17) is 15.1 Å². The molecular formula is C17H38F6N3O3P. The molecule has 0 spiro atoms. The van der Waals surface area contributed by atoms with Crippen molar-refractivity contribution in [2.24, 2.45) is 7.05 Å². The maximum absolute atomic E-state index is 10.7. The number of aryl methyl sites for hydroxylation is 2. The van der Waals surface area contributed by atoms with E-state index in [1.807, 2.05) is 38.6 Å². The molecule has 0 atom stereocenters. The van der Waals surface area contributed by atoms with E-state index in [1.54, 1.807) is 13.2 Å². The molecule has 1 rings (SSSR count). The van der Waals surface area contributed by atoms with E-state index in [0.29, 0.717) is 6.61 Å². The van der Waals surface area contributed by atoms with Gasteiger partial charge in [-0.1, -0.05) is 13.3 Å². The van der Waals surface area contributed by atoms with Gasteiger partial charge in [0.1, 0.15) is 12.4 Å². The Hall–Kier alpha value is -1.41. The van der Waals surface area contributed by atoms with E-state index < -0.39 is 7.81 Å². The zero-order valence-corrected chi connectivity index (χ0v) is 19.9. The van der Waals surface area contributed by atoms with Gasteiger partial charge in [-0.2, -0.15) is 5.26 Å². The number of ether oxygens (including phenoxy) is 1. The number of hydrogen-bond acceptors (Lipinski definition) is 3. The summed E-state index contributed by atoms with van der Waals surface area (Å²) < 4.78 is 68.3. The molecule has 0 aliphatic heterocycles. The van der Waals surface area contributed by atoms with Gasteiger partial charge < -0.3 is 15.3 Å². The van der Waals surface area contributed by atoms with Crippen molar-refractivity contribution in [3.63, 3.8) is 0 Å². The van der Waals surface area contributed by atoms with Crippen LogP contribution in [0.25, 0.3) is 0 Å². The van der Waals surface area contributed by atoms with Crippen molar-refractivity contribution < 1.29 is 45.1 Å². The minimum atomic E-state index is -10.7. The minimum absolute atomic E-state index is 0. The normalized spacial score (nSPS) is 12.1. The molecule has 13 heteroatoms. The number of halogens is 6. The van der Waals surface area contributed by atoms with Crippen molar-refractivity contribution in [2.45, 2.75) is 66.5 Å². The topological polar surface area (TPSA) is 93.6 Å². The number of aliphatic hydroxyl groups is 1. The molecule has 0 aromatic carbocycles. The monoisotopic (exact) mass is 477 g/mol. The number of methoxy groups -OCH3 is 1. The number of rotatable bonds is 3. The van der Waals surface area contributed by atoms with E-state index in [0.717, 1.165) is 19.4 Å².